The number of benzene rings is 2. The number of para-hydroxylation sites is 1. The van der Waals surface area contributed by atoms with Crippen molar-refractivity contribution < 1.29 is 4.79 Å². The lowest BCUT2D eigenvalue weighted by Gasteiger charge is -2.30. The highest BCUT2D eigenvalue weighted by molar-refractivity contribution is 8.00. The van der Waals surface area contributed by atoms with Gasteiger partial charge in [0, 0.05) is 19.6 Å². The molecule has 7 nitrogen and oxygen atoms in total. The number of fused-ring (bicyclic) bond motifs is 4. The molecule has 0 N–H and O–H groups in total. The number of thioether (sulfide) groups is 1. The van der Waals surface area contributed by atoms with E-state index in [1.165, 1.54) is 22.9 Å². The number of hydrogen-bond acceptors (Lipinski definition) is 5. The molecule has 0 saturated carbocycles. The number of aromatic nitrogens is 4. The molecule has 0 bridgehead atoms. The van der Waals surface area contributed by atoms with Crippen LogP contribution in [0.2, 0.25) is 0 Å². The summed E-state index contributed by atoms with van der Waals surface area (Å²) in [5.41, 5.74) is 3.11. The average molecular weight is 446 g/mol. The number of hydrogen-bond donors (Lipinski definition) is 0. The van der Waals surface area contributed by atoms with E-state index < -0.39 is 0 Å². The molecule has 2 aromatic carbocycles. The smallest absolute Gasteiger partial charge is 0.263 e. The molecule has 4 aromatic rings. The van der Waals surface area contributed by atoms with Gasteiger partial charge in [0.1, 0.15) is 0 Å². The van der Waals surface area contributed by atoms with Crippen LogP contribution in [0.25, 0.3) is 16.7 Å². The third kappa shape index (κ3) is 3.40. The van der Waals surface area contributed by atoms with Gasteiger partial charge in [-0.15, -0.1) is 16.8 Å². The quantitative estimate of drug-likeness (QED) is 0.348. The van der Waals surface area contributed by atoms with E-state index in [2.05, 4.69) is 28.9 Å². The third-order valence-electron chi connectivity index (χ3n) is 5.86. The van der Waals surface area contributed by atoms with E-state index in [4.69, 9.17) is 0 Å². The molecule has 1 amide bonds. The van der Waals surface area contributed by atoms with Crippen molar-refractivity contribution in [2.24, 2.45) is 0 Å². The van der Waals surface area contributed by atoms with Crippen molar-refractivity contribution >= 4 is 34.3 Å². The van der Waals surface area contributed by atoms with Gasteiger partial charge in [0.2, 0.25) is 11.7 Å². The Hall–Kier alpha value is -3.39. The highest BCUT2D eigenvalue weighted by atomic mass is 32.2. The van der Waals surface area contributed by atoms with Crippen molar-refractivity contribution in [3.8, 4) is 0 Å². The maximum atomic E-state index is 13.2. The van der Waals surface area contributed by atoms with Crippen LogP contribution >= 0.6 is 11.8 Å². The molecule has 0 fully saturated rings. The molecule has 1 aliphatic rings. The van der Waals surface area contributed by atoms with E-state index in [0.717, 1.165) is 11.9 Å². The van der Waals surface area contributed by atoms with Gasteiger partial charge < -0.3 is 4.90 Å². The van der Waals surface area contributed by atoms with Crippen LogP contribution in [0.15, 0.2) is 71.1 Å². The van der Waals surface area contributed by atoms with Gasteiger partial charge in [-0.25, -0.2) is 0 Å². The average Bonchev–Trinajstić information content (AvgIpc) is 3.24. The molecule has 0 radical (unpaired) electrons. The fraction of sp³-hybridized carbons (Fsp3) is 0.250. The molecule has 0 aliphatic carbocycles. The molecular formula is C24H23N5O2S. The van der Waals surface area contributed by atoms with E-state index in [9.17, 15) is 9.59 Å². The third-order valence-corrected chi connectivity index (χ3v) is 6.89. The highest BCUT2D eigenvalue weighted by Crippen LogP contribution is 2.28. The van der Waals surface area contributed by atoms with Crippen LogP contribution in [0.1, 0.15) is 18.1 Å². The summed E-state index contributed by atoms with van der Waals surface area (Å²) in [6.07, 6.45) is 2.53. The van der Waals surface area contributed by atoms with Crippen LogP contribution in [-0.2, 0) is 24.3 Å². The van der Waals surface area contributed by atoms with E-state index >= 15 is 0 Å². The normalized spacial score (nSPS) is 14.5. The van der Waals surface area contributed by atoms with Crippen LogP contribution in [0.3, 0.4) is 0 Å². The molecule has 0 spiro atoms. The summed E-state index contributed by atoms with van der Waals surface area (Å²) in [6.45, 7) is 7.33. The highest BCUT2D eigenvalue weighted by Gasteiger charge is 2.27. The van der Waals surface area contributed by atoms with Crippen LogP contribution in [0.5, 0.6) is 0 Å². The van der Waals surface area contributed by atoms with Gasteiger partial charge in [0.25, 0.3) is 5.56 Å². The van der Waals surface area contributed by atoms with E-state index in [1.807, 2.05) is 46.6 Å². The van der Waals surface area contributed by atoms with Crippen molar-refractivity contribution in [3.63, 3.8) is 0 Å². The van der Waals surface area contributed by atoms with Crippen molar-refractivity contribution in [2.45, 2.75) is 36.8 Å². The zero-order valence-electron chi connectivity index (χ0n) is 17.8. The van der Waals surface area contributed by atoms with Gasteiger partial charge in [-0.2, -0.15) is 0 Å². The molecule has 162 valence electrons. The fourth-order valence-corrected chi connectivity index (χ4v) is 5.19. The van der Waals surface area contributed by atoms with E-state index in [-0.39, 0.29) is 16.7 Å². The summed E-state index contributed by atoms with van der Waals surface area (Å²) in [5, 5.41) is 9.46. The molecule has 1 atom stereocenters. The van der Waals surface area contributed by atoms with Crippen molar-refractivity contribution in [2.75, 3.05) is 6.54 Å². The topological polar surface area (TPSA) is 72.5 Å². The lowest BCUT2D eigenvalue weighted by atomic mass is 10.00. The summed E-state index contributed by atoms with van der Waals surface area (Å²) in [6, 6.07) is 15.7. The Morgan fingerprint density at radius 3 is 2.72 bits per heavy atom. The van der Waals surface area contributed by atoms with Crippen molar-refractivity contribution in [1.82, 2.24) is 24.1 Å². The second kappa shape index (κ2) is 8.27. The first kappa shape index (κ1) is 20.5. The summed E-state index contributed by atoms with van der Waals surface area (Å²) in [7, 11) is 0. The predicted molar refractivity (Wildman–Crippen MR) is 126 cm³/mol. The minimum absolute atomic E-state index is 0.0740. The summed E-state index contributed by atoms with van der Waals surface area (Å²) in [4.78, 5) is 28.1. The number of nitrogens with zero attached hydrogens (tertiary/aromatic N) is 5. The Kier molecular flexibility index (Phi) is 5.30. The Balaban J connectivity index is 1.49. The summed E-state index contributed by atoms with van der Waals surface area (Å²) < 4.78 is 3.42. The maximum absolute atomic E-state index is 13.2. The first-order valence-electron chi connectivity index (χ1n) is 10.6. The molecule has 0 saturated heterocycles. The molecule has 3 heterocycles. The fourth-order valence-electron chi connectivity index (χ4n) is 4.25. The largest absolute Gasteiger partial charge is 0.337 e. The van der Waals surface area contributed by atoms with Crippen LogP contribution in [-0.4, -0.2) is 41.8 Å². The van der Waals surface area contributed by atoms with Gasteiger partial charge in [0.05, 0.1) is 16.2 Å². The maximum Gasteiger partial charge on any atom is 0.263 e. The van der Waals surface area contributed by atoms with E-state index in [0.29, 0.717) is 36.0 Å². The van der Waals surface area contributed by atoms with Gasteiger partial charge in [-0.3, -0.25) is 18.6 Å². The van der Waals surface area contributed by atoms with Crippen LogP contribution in [0.4, 0.5) is 0 Å². The lowest BCUT2D eigenvalue weighted by molar-refractivity contribution is -0.131. The Labute approximate surface area is 189 Å². The van der Waals surface area contributed by atoms with Crippen molar-refractivity contribution in [1.29, 1.82) is 0 Å². The van der Waals surface area contributed by atoms with Crippen LogP contribution in [0, 0.1) is 0 Å². The Morgan fingerprint density at radius 2 is 1.91 bits per heavy atom. The number of carbonyl (C=O) groups excluding carboxylic acids is 1. The molecule has 2 aromatic heterocycles. The monoisotopic (exact) mass is 445 g/mol. The van der Waals surface area contributed by atoms with Gasteiger partial charge in [0.15, 0.2) is 5.16 Å². The first-order valence-corrected chi connectivity index (χ1v) is 11.5. The SMILES string of the molecule is C=CCn1c(=O)c2ccccc2n2c(SC(C)C(=O)N3CCc4ccccc4C3)nnc12. The minimum atomic E-state index is -0.341. The van der Waals surface area contributed by atoms with E-state index in [1.54, 1.807) is 16.7 Å². The Bertz CT molecular complexity index is 1410. The second-order valence-electron chi connectivity index (χ2n) is 7.88. The zero-order valence-corrected chi connectivity index (χ0v) is 18.6. The minimum Gasteiger partial charge on any atom is -0.337 e. The van der Waals surface area contributed by atoms with Crippen LogP contribution < -0.4 is 5.56 Å². The standard InChI is InChI=1S/C24H23N5O2S/c1-3-13-28-22(31)19-10-6-7-11-20(19)29-23(28)25-26-24(29)32-16(2)21(30)27-14-12-17-8-4-5-9-18(17)15-27/h3-11,16H,1,12-15H2,2H3. The first-order chi connectivity index (χ1) is 15.6. The zero-order chi connectivity index (χ0) is 22.2. The molecule has 32 heavy (non-hydrogen) atoms. The number of rotatable bonds is 5. The number of carbonyl (C=O) groups is 1. The molecule has 5 rings (SSSR count). The molecule has 8 heteroatoms. The summed E-state index contributed by atoms with van der Waals surface area (Å²) in [5.74, 6) is 0.521. The number of amides is 1. The van der Waals surface area contributed by atoms with Gasteiger partial charge in [-0.05, 0) is 36.6 Å². The van der Waals surface area contributed by atoms with Crippen molar-refractivity contribution in [3.05, 3.63) is 82.7 Å². The predicted octanol–water partition coefficient (Wildman–Crippen LogP) is 3.30. The summed E-state index contributed by atoms with van der Waals surface area (Å²) >= 11 is 1.37. The lowest BCUT2D eigenvalue weighted by Crippen LogP contribution is -2.40. The van der Waals surface area contributed by atoms with Gasteiger partial charge in [-0.1, -0.05) is 54.2 Å². The Morgan fingerprint density at radius 1 is 1.16 bits per heavy atom. The van der Waals surface area contributed by atoms with Gasteiger partial charge >= 0.3 is 0 Å². The molecule has 1 aliphatic heterocycles. The molecular weight excluding hydrogens is 422 g/mol. The second-order valence-corrected chi connectivity index (χ2v) is 9.19. The number of allylic oxidation sites excluding steroid dienone is 1. The molecule has 1 unspecified atom stereocenters.